The van der Waals surface area contributed by atoms with E-state index in [4.69, 9.17) is 0 Å². The van der Waals surface area contributed by atoms with Gasteiger partial charge in [-0.2, -0.15) is 0 Å². The number of hydrogen-bond donors (Lipinski definition) is 1. The summed E-state index contributed by atoms with van der Waals surface area (Å²) in [7, 11) is 0. The zero-order chi connectivity index (χ0) is 13.5. The second-order valence-electron chi connectivity index (χ2n) is 5.90. The molecule has 5 heteroatoms. The van der Waals surface area contributed by atoms with Gasteiger partial charge in [-0.25, -0.2) is 4.98 Å². The number of carbonyl (C=O) groups is 1. The molecule has 1 aliphatic carbocycles. The van der Waals surface area contributed by atoms with E-state index in [1.165, 1.54) is 4.88 Å². The standard InChI is InChI=1S/C14H20N2O2S/c1-10-12(19-9-15-10)4-6-16-7-11-3-2-5-14(11,8-16)13(17)18/h9,11H,2-8H2,1H3,(H,17,18)/t11-,14+/m0/s1. The van der Waals surface area contributed by atoms with Crippen LogP contribution in [0.5, 0.6) is 0 Å². The first-order chi connectivity index (χ1) is 9.12. The van der Waals surface area contributed by atoms with Crippen molar-refractivity contribution in [2.24, 2.45) is 11.3 Å². The van der Waals surface area contributed by atoms with Crippen LogP contribution in [0.25, 0.3) is 0 Å². The molecule has 0 amide bonds. The van der Waals surface area contributed by atoms with E-state index in [1.54, 1.807) is 11.3 Å². The molecule has 1 aromatic rings. The number of hydrogen-bond acceptors (Lipinski definition) is 4. The molecule has 1 aliphatic heterocycles. The van der Waals surface area contributed by atoms with E-state index < -0.39 is 11.4 Å². The summed E-state index contributed by atoms with van der Waals surface area (Å²) in [4.78, 5) is 19.5. The average molecular weight is 280 g/mol. The number of thiazole rings is 1. The fraction of sp³-hybridized carbons (Fsp3) is 0.714. The van der Waals surface area contributed by atoms with Gasteiger partial charge in [-0.15, -0.1) is 11.3 Å². The summed E-state index contributed by atoms with van der Waals surface area (Å²) in [5.41, 5.74) is 2.57. The Hall–Kier alpha value is -0.940. The summed E-state index contributed by atoms with van der Waals surface area (Å²) in [5, 5.41) is 9.55. The van der Waals surface area contributed by atoms with Gasteiger partial charge in [0, 0.05) is 24.5 Å². The van der Waals surface area contributed by atoms with Crippen molar-refractivity contribution < 1.29 is 9.90 Å². The Labute approximate surface area is 117 Å². The van der Waals surface area contributed by atoms with Crippen molar-refractivity contribution in [1.82, 2.24) is 9.88 Å². The highest BCUT2D eigenvalue weighted by molar-refractivity contribution is 7.09. The fourth-order valence-electron chi connectivity index (χ4n) is 3.74. The number of likely N-dealkylation sites (tertiary alicyclic amines) is 1. The molecule has 0 unspecified atom stereocenters. The molecule has 2 atom stereocenters. The molecule has 0 radical (unpaired) electrons. The normalized spacial score (nSPS) is 30.7. The lowest BCUT2D eigenvalue weighted by atomic mass is 9.81. The van der Waals surface area contributed by atoms with Gasteiger partial charge in [-0.3, -0.25) is 4.79 Å². The first-order valence-electron chi connectivity index (χ1n) is 6.96. The molecule has 2 fully saturated rings. The van der Waals surface area contributed by atoms with Crippen molar-refractivity contribution in [1.29, 1.82) is 0 Å². The van der Waals surface area contributed by atoms with Gasteiger partial charge in [0.05, 0.1) is 16.6 Å². The quantitative estimate of drug-likeness (QED) is 0.918. The van der Waals surface area contributed by atoms with Crippen LogP contribution in [0.4, 0.5) is 0 Å². The Morgan fingerprint density at radius 3 is 3.16 bits per heavy atom. The highest BCUT2D eigenvalue weighted by Crippen LogP contribution is 2.48. The molecule has 1 saturated carbocycles. The molecule has 1 N–H and O–H groups in total. The summed E-state index contributed by atoms with van der Waals surface area (Å²) in [6.07, 6.45) is 4.03. The van der Waals surface area contributed by atoms with Crippen LogP contribution in [0.2, 0.25) is 0 Å². The van der Waals surface area contributed by atoms with E-state index >= 15 is 0 Å². The summed E-state index contributed by atoms with van der Waals surface area (Å²) in [6.45, 7) is 4.72. The molecule has 0 spiro atoms. The smallest absolute Gasteiger partial charge is 0.311 e. The second kappa shape index (κ2) is 4.87. The van der Waals surface area contributed by atoms with Gasteiger partial charge in [0.1, 0.15) is 0 Å². The predicted molar refractivity (Wildman–Crippen MR) is 74.4 cm³/mol. The third-order valence-electron chi connectivity index (χ3n) is 4.87. The fourth-order valence-corrected chi connectivity index (χ4v) is 4.51. The van der Waals surface area contributed by atoms with Crippen molar-refractivity contribution in [3.8, 4) is 0 Å². The molecular weight excluding hydrogens is 260 g/mol. The number of aryl methyl sites for hydroxylation is 1. The molecule has 4 nitrogen and oxygen atoms in total. The maximum absolute atomic E-state index is 11.6. The van der Waals surface area contributed by atoms with Crippen LogP contribution in [-0.4, -0.2) is 40.6 Å². The highest BCUT2D eigenvalue weighted by Gasteiger charge is 2.54. The van der Waals surface area contributed by atoms with Crippen LogP contribution in [0, 0.1) is 18.3 Å². The number of carboxylic acid groups (broad SMARTS) is 1. The molecule has 104 valence electrons. The molecular formula is C14H20N2O2S. The summed E-state index contributed by atoms with van der Waals surface area (Å²) in [5.74, 6) is -0.209. The number of fused-ring (bicyclic) bond motifs is 1. The number of nitrogens with zero attached hydrogens (tertiary/aromatic N) is 2. The molecule has 1 saturated heterocycles. The maximum Gasteiger partial charge on any atom is 0.311 e. The summed E-state index contributed by atoms with van der Waals surface area (Å²) in [6, 6.07) is 0. The predicted octanol–water partition coefficient (Wildman–Crippen LogP) is 2.18. The zero-order valence-electron chi connectivity index (χ0n) is 11.3. The van der Waals surface area contributed by atoms with Gasteiger partial charge in [-0.05, 0) is 32.1 Å². The molecule has 19 heavy (non-hydrogen) atoms. The van der Waals surface area contributed by atoms with Crippen LogP contribution in [0.3, 0.4) is 0 Å². The zero-order valence-corrected chi connectivity index (χ0v) is 12.1. The lowest BCUT2D eigenvalue weighted by molar-refractivity contribution is -0.149. The van der Waals surface area contributed by atoms with Crippen LogP contribution in [-0.2, 0) is 11.2 Å². The summed E-state index contributed by atoms with van der Waals surface area (Å²) >= 11 is 1.71. The highest BCUT2D eigenvalue weighted by atomic mass is 32.1. The van der Waals surface area contributed by atoms with Gasteiger partial charge in [0.2, 0.25) is 0 Å². The molecule has 0 aromatic carbocycles. The number of rotatable bonds is 4. The first-order valence-corrected chi connectivity index (χ1v) is 7.84. The monoisotopic (exact) mass is 280 g/mol. The van der Waals surface area contributed by atoms with Gasteiger partial charge < -0.3 is 10.0 Å². The van der Waals surface area contributed by atoms with Gasteiger partial charge in [0.15, 0.2) is 0 Å². The topological polar surface area (TPSA) is 53.4 Å². The third-order valence-corrected chi connectivity index (χ3v) is 5.86. The van der Waals surface area contributed by atoms with E-state index in [0.29, 0.717) is 5.92 Å². The van der Waals surface area contributed by atoms with E-state index in [2.05, 4.69) is 9.88 Å². The van der Waals surface area contributed by atoms with Crippen LogP contribution in [0.15, 0.2) is 5.51 Å². The summed E-state index contributed by atoms with van der Waals surface area (Å²) < 4.78 is 0. The van der Waals surface area contributed by atoms with Gasteiger partial charge in [0.25, 0.3) is 0 Å². The molecule has 1 aromatic heterocycles. The van der Waals surface area contributed by atoms with Crippen molar-refractivity contribution >= 4 is 17.3 Å². The Balaban J connectivity index is 1.63. The Kier molecular flexibility index (Phi) is 3.35. The van der Waals surface area contributed by atoms with E-state index in [-0.39, 0.29) is 0 Å². The largest absolute Gasteiger partial charge is 0.481 e. The van der Waals surface area contributed by atoms with E-state index in [1.807, 2.05) is 12.4 Å². The number of aliphatic carboxylic acids is 1. The minimum atomic E-state index is -0.577. The van der Waals surface area contributed by atoms with Crippen LogP contribution < -0.4 is 0 Å². The van der Waals surface area contributed by atoms with Gasteiger partial charge >= 0.3 is 5.97 Å². The Morgan fingerprint density at radius 2 is 2.53 bits per heavy atom. The SMILES string of the molecule is Cc1ncsc1CCN1C[C@@H]2CCC[C@@]2(C(=O)O)C1. The van der Waals surface area contributed by atoms with Crippen molar-refractivity contribution in [2.45, 2.75) is 32.6 Å². The Morgan fingerprint density at radius 1 is 1.68 bits per heavy atom. The molecule has 3 rings (SSSR count). The second-order valence-corrected chi connectivity index (χ2v) is 6.84. The molecule has 2 aliphatic rings. The van der Waals surface area contributed by atoms with E-state index in [9.17, 15) is 9.90 Å². The van der Waals surface area contributed by atoms with Crippen LogP contribution in [0.1, 0.15) is 29.8 Å². The Bertz CT molecular complexity index is 488. The number of aromatic nitrogens is 1. The minimum Gasteiger partial charge on any atom is -0.481 e. The molecule has 0 bridgehead atoms. The third kappa shape index (κ3) is 2.19. The van der Waals surface area contributed by atoms with Crippen molar-refractivity contribution in [2.75, 3.05) is 19.6 Å². The van der Waals surface area contributed by atoms with Crippen molar-refractivity contribution in [3.63, 3.8) is 0 Å². The minimum absolute atomic E-state index is 0.368. The van der Waals surface area contributed by atoms with Crippen LogP contribution >= 0.6 is 11.3 Å². The maximum atomic E-state index is 11.6. The number of carboxylic acids is 1. The average Bonchev–Trinajstić information content (AvgIpc) is 2.99. The lowest BCUT2D eigenvalue weighted by Gasteiger charge is -2.23. The van der Waals surface area contributed by atoms with Gasteiger partial charge in [-0.1, -0.05) is 6.42 Å². The lowest BCUT2D eigenvalue weighted by Crippen LogP contribution is -2.36. The van der Waals surface area contributed by atoms with E-state index in [0.717, 1.165) is 51.0 Å². The first kappa shape index (κ1) is 13.1. The molecule has 2 heterocycles. The van der Waals surface area contributed by atoms with Crippen molar-refractivity contribution in [3.05, 3.63) is 16.1 Å².